The lowest BCUT2D eigenvalue weighted by atomic mass is 10.1. The Balaban J connectivity index is 1.54. The van der Waals surface area contributed by atoms with Gasteiger partial charge < -0.3 is 15.2 Å². The predicted octanol–water partition coefficient (Wildman–Crippen LogP) is 1.44. The summed E-state index contributed by atoms with van der Waals surface area (Å²) in [6.45, 7) is -0.0881. The molecule has 0 saturated carbocycles. The van der Waals surface area contributed by atoms with Gasteiger partial charge in [0.15, 0.2) is 0 Å². The number of hydrogen-bond acceptors (Lipinski definition) is 5. The minimum absolute atomic E-state index is 0.0154. The highest BCUT2D eigenvalue weighted by atomic mass is 32.1. The van der Waals surface area contributed by atoms with E-state index in [0.29, 0.717) is 21.6 Å². The number of aromatic nitrogens is 2. The summed E-state index contributed by atoms with van der Waals surface area (Å²) in [5.41, 5.74) is 0.872. The van der Waals surface area contributed by atoms with Crippen molar-refractivity contribution in [1.29, 1.82) is 0 Å². The first-order valence-electron chi connectivity index (χ1n) is 8.14. The lowest BCUT2D eigenvalue weighted by molar-refractivity contribution is -0.132. The number of nitrogens with one attached hydrogen (secondary N) is 2. The number of carbonyl (C=O) groups excluding carboxylic acids is 2. The molecule has 9 heteroatoms. The van der Waals surface area contributed by atoms with Crippen molar-refractivity contribution in [3.63, 3.8) is 0 Å². The molecule has 0 atom stereocenters. The lowest BCUT2D eigenvalue weighted by Gasteiger charge is -2.17. The highest BCUT2D eigenvalue weighted by molar-refractivity contribution is 7.17. The van der Waals surface area contributed by atoms with E-state index >= 15 is 0 Å². The van der Waals surface area contributed by atoms with E-state index in [1.807, 2.05) is 0 Å². The number of H-pyrrole nitrogens is 1. The average molecular weight is 388 g/mol. The minimum atomic E-state index is -0.416. The molecule has 1 aromatic carbocycles. The first kappa shape index (κ1) is 18.7. The van der Waals surface area contributed by atoms with Crippen molar-refractivity contribution in [2.75, 3.05) is 13.6 Å². The number of hydrogen-bond donors (Lipinski definition) is 2. The summed E-state index contributed by atoms with van der Waals surface area (Å²) >= 11 is 1.30. The number of benzene rings is 1. The zero-order chi connectivity index (χ0) is 19.4. The van der Waals surface area contributed by atoms with Gasteiger partial charge in [-0.25, -0.2) is 9.37 Å². The van der Waals surface area contributed by atoms with Crippen LogP contribution in [-0.4, -0.2) is 40.3 Å². The number of fused-ring (bicyclic) bond motifs is 1. The van der Waals surface area contributed by atoms with E-state index in [-0.39, 0.29) is 36.9 Å². The van der Waals surface area contributed by atoms with E-state index in [1.165, 1.54) is 34.4 Å². The number of aromatic amines is 1. The van der Waals surface area contributed by atoms with Gasteiger partial charge >= 0.3 is 0 Å². The van der Waals surface area contributed by atoms with Crippen LogP contribution in [0, 0.1) is 5.82 Å². The summed E-state index contributed by atoms with van der Waals surface area (Å²) in [7, 11) is 1.55. The van der Waals surface area contributed by atoms with E-state index in [1.54, 1.807) is 24.6 Å². The van der Waals surface area contributed by atoms with Crippen LogP contribution in [0.3, 0.4) is 0 Å². The van der Waals surface area contributed by atoms with Gasteiger partial charge in [0.1, 0.15) is 16.3 Å². The highest BCUT2D eigenvalue weighted by Crippen LogP contribution is 2.14. The largest absolute Gasteiger partial charge is 0.347 e. The van der Waals surface area contributed by atoms with Crippen LogP contribution < -0.4 is 10.9 Å². The summed E-state index contributed by atoms with van der Waals surface area (Å²) in [6.07, 6.45) is -0.0154. The van der Waals surface area contributed by atoms with Crippen LogP contribution in [0.1, 0.15) is 11.4 Å². The van der Waals surface area contributed by atoms with Crippen molar-refractivity contribution in [1.82, 2.24) is 20.2 Å². The number of nitrogens with zero attached hydrogens (tertiary/aromatic N) is 2. The van der Waals surface area contributed by atoms with E-state index < -0.39 is 5.82 Å². The number of rotatable bonds is 6. The van der Waals surface area contributed by atoms with Crippen LogP contribution in [0.25, 0.3) is 10.2 Å². The van der Waals surface area contributed by atoms with E-state index in [0.717, 1.165) is 0 Å². The quantitative estimate of drug-likeness (QED) is 0.668. The summed E-state index contributed by atoms with van der Waals surface area (Å²) in [6, 6.07) is 7.48. The van der Waals surface area contributed by atoms with Crippen molar-refractivity contribution in [3.8, 4) is 0 Å². The van der Waals surface area contributed by atoms with Gasteiger partial charge in [-0.05, 0) is 29.1 Å². The van der Waals surface area contributed by atoms with Crippen molar-refractivity contribution in [2.45, 2.75) is 13.0 Å². The highest BCUT2D eigenvalue weighted by Gasteiger charge is 2.14. The predicted molar refractivity (Wildman–Crippen MR) is 99.8 cm³/mol. The third-order valence-electron chi connectivity index (χ3n) is 3.87. The Morgan fingerprint density at radius 3 is 2.93 bits per heavy atom. The maximum atomic E-state index is 13.1. The number of carbonyl (C=O) groups is 2. The Kier molecular flexibility index (Phi) is 5.60. The molecule has 7 nitrogen and oxygen atoms in total. The monoisotopic (exact) mass is 388 g/mol. The van der Waals surface area contributed by atoms with Crippen LogP contribution in [0.4, 0.5) is 4.39 Å². The fourth-order valence-electron chi connectivity index (χ4n) is 2.51. The molecule has 0 aliphatic rings. The number of likely N-dealkylation sites (N-methyl/N-ethyl adjacent to an activating group) is 1. The lowest BCUT2D eigenvalue weighted by Crippen LogP contribution is -2.38. The molecule has 2 amide bonds. The van der Waals surface area contributed by atoms with Crippen molar-refractivity contribution in [3.05, 3.63) is 63.3 Å². The second-order valence-corrected chi connectivity index (χ2v) is 6.90. The first-order chi connectivity index (χ1) is 12.9. The Bertz CT molecular complexity index is 1050. The minimum Gasteiger partial charge on any atom is -0.347 e. The molecule has 27 heavy (non-hydrogen) atoms. The molecule has 3 aromatic rings. The second-order valence-electron chi connectivity index (χ2n) is 5.98. The molecule has 2 N–H and O–H groups in total. The average Bonchev–Trinajstić information content (AvgIpc) is 3.08. The molecule has 0 aliphatic heterocycles. The summed E-state index contributed by atoms with van der Waals surface area (Å²) in [5, 5.41) is 4.29. The number of thiophene rings is 1. The van der Waals surface area contributed by atoms with Gasteiger partial charge in [0.25, 0.3) is 5.56 Å². The summed E-state index contributed by atoms with van der Waals surface area (Å²) in [5.74, 6) is -0.766. The van der Waals surface area contributed by atoms with Gasteiger partial charge in [-0.3, -0.25) is 14.4 Å². The zero-order valence-electron chi connectivity index (χ0n) is 14.5. The molecule has 0 aliphatic carbocycles. The topological polar surface area (TPSA) is 95.2 Å². The van der Waals surface area contributed by atoms with E-state index in [2.05, 4.69) is 15.3 Å². The molecule has 0 unspecified atom stereocenters. The maximum Gasteiger partial charge on any atom is 0.268 e. The van der Waals surface area contributed by atoms with Gasteiger partial charge in [-0.1, -0.05) is 12.1 Å². The maximum absolute atomic E-state index is 13.1. The standard InChI is InChI=1S/C18H17FN4O3S/c1-23(10-14-21-13-5-6-27-17(13)18(26)22-14)16(25)9-20-15(24)8-11-3-2-4-12(19)7-11/h2-7H,8-10H2,1H3,(H,20,24)(H,21,22,26). The van der Waals surface area contributed by atoms with E-state index in [9.17, 15) is 18.8 Å². The van der Waals surface area contributed by atoms with Crippen LogP contribution in [-0.2, 0) is 22.6 Å². The van der Waals surface area contributed by atoms with Crippen LogP contribution in [0.2, 0.25) is 0 Å². The molecule has 0 fully saturated rings. The van der Waals surface area contributed by atoms with E-state index in [4.69, 9.17) is 0 Å². The molecule has 140 valence electrons. The second kappa shape index (κ2) is 8.09. The van der Waals surface area contributed by atoms with Crippen molar-refractivity contribution < 1.29 is 14.0 Å². The van der Waals surface area contributed by atoms with Gasteiger partial charge in [-0.2, -0.15) is 0 Å². The number of amides is 2. The fourth-order valence-corrected chi connectivity index (χ4v) is 3.24. The molecule has 2 aromatic heterocycles. The van der Waals surface area contributed by atoms with Crippen molar-refractivity contribution in [2.24, 2.45) is 0 Å². The summed E-state index contributed by atoms with van der Waals surface area (Å²) in [4.78, 5) is 44.4. The SMILES string of the molecule is CN(Cc1nc2ccsc2c(=O)[nH]1)C(=O)CNC(=O)Cc1cccc(F)c1. The molecule has 0 saturated heterocycles. The Morgan fingerprint density at radius 1 is 1.33 bits per heavy atom. The van der Waals surface area contributed by atoms with Gasteiger partial charge in [0.2, 0.25) is 11.8 Å². The fraction of sp³-hybridized carbons (Fsp3) is 0.222. The van der Waals surface area contributed by atoms with Gasteiger partial charge in [0, 0.05) is 7.05 Å². The van der Waals surface area contributed by atoms with Crippen molar-refractivity contribution >= 4 is 33.4 Å². The Labute approximate surface area is 157 Å². The van der Waals surface area contributed by atoms with Gasteiger partial charge in [0.05, 0.1) is 25.0 Å². The first-order valence-corrected chi connectivity index (χ1v) is 9.02. The third-order valence-corrected chi connectivity index (χ3v) is 4.77. The smallest absolute Gasteiger partial charge is 0.268 e. The Hall–Kier alpha value is -3.07. The van der Waals surface area contributed by atoms with Crippen LogP contribution >= 0.6 is 11.3 Å². The Morgan fingerprint density at radius 2 is 2.15 bits per heavy atom. The molecular weight excluding hydrogens is 371 g/mol. The zero-order valence-corrected chi connectivity index (χ0v) is 15.3. The third kappa shape index (κ3) is 4.76. The molecular formula is C18H17FN4O3S. The summed E-state index contributed by atoms with van der Waals surface area (Å²) < 4.78 is 13.7. The van der Waals surface area contributed by atoms with Gasteiger partial charge in [-0.15, -0.1) is 11.3 Å². The number of halogens is 1. The molecule has 0 bridgehead atoms. The molecule has 0 spiro atoms. The van der Waals surface area contributed by atoms with Crippen LogP contribution in [0.5, 0.6) is 0 Å². The molecule has 3 rings (SSSR count). The molecule has 0 radical (unpaired) electrons. The normalized spacial score (nSPS) is 10.7. The molecule has 2 heterocycles. The van der Waals surface area contributed by atoms with Crippen LogP contribution in [0.15, 0.2) is 40.5 Å².